The predicted molar refractivity (Wildman–Crippen MR) is 104 cm³/mol. The zero-order chi connectivity index (χ0) is 21.0. The van der Waals surface area contributed by atoms with Gasteiger partial charge in [-0.05, 0) is 25.1 Å². The van der Waals surface area contributed by atoms with Gasteiger partial charge in [-0.25, -0.2) is 13.2 Å². The summed E-state index contributed by atoms with van der Waals surface area (Å²) in [6.07, 6.45) is 0. The smallest absolute Gasteiger partial charge is 0.238 e. The number of carbonyl (C=O) groups excluding carboxylic acids is 1. The number of methoxy groups -OCH3 is 1. The van der Waals surface area contributed by atoms with Crippen molar-refractivity contribution in [3.8, 4) is 5.75 Å². The van der Waals surface area contributed by atoms with Crippen molar-refractivity contribution in [1.29, 1.82) is 0 Å². The lowest BCUT2D eigenvalue weighted by atomic mass is 10.1. The molecule has 2 aromatic rings. The Bertz CT molecular complexity index is 884. The van der Waals surface area contributed by atoms with Crippen molar-refractivity contribution in [3.05, 3.63) is 58.9 Å². The van der Waals surface area contributed by atoms with Crippen molar-refractivity contribution in [2.75, 3.05) is 45.2 Å². The number of carbonyl (C=O) groups is 1. The van der Waals surface area contributed by atoms with Gasteiger partial charge >= 0.3 is 0 Å². The number of nitrogens with zero attached hydrogens (tertiary/aromatic N) is 2. The molecule has 1 fully saturated rings. The van der Waals surface area contributed by atoms with E-state index in [4.69, 9.17) is 4.74 Å². The highest BCUT2D eigenvalue weighted by molar-refractivity contribution is 5.92. The summed E-state index contributed by atoms with van der Waals surface area (Å²) in [5.41, 5.74) is 1.92. The van der Waals surface area contributed by atoms with E-state index >= 15 is 0 Å². The standard InChI is InChI=1S/C21H24F3N3O2/c1-14-3-6-18(29-2)15(11-14)12-26-7-9-27(10-8-26)13-19(28)25-17-5-4-16(22)20(23)21(17)24/h3-6,11H,7-10,12-13H2,1-2H3,(H,25,28). The van der Waals surface area contributed by atoms with Crippen LogP contribution in [-0.4, -0.2) is 55.5 Å². The molecule has 8 heteroatoms. The highest BCUT2D eigenvalue weighted by Gasteiger charge is 2.21. The van der Waals surface area contributed by atoms with Gasteiger partial charge in [0.1, 0.15) is 5.75 Å². The van der Waals surface area contributed by atoms with E-state index in [0.29, 0.717) is 13.1 Å². The molecule has 1 heterocycles. The molecular weight excluding hydrogens is 383 g/mol. The number of rotatable bonds is 6. The number of hydrogen-bond acceptors (Lipinski definition) is 4. The average Bonchev–Trinajstić information content (AvgIpc) is 2.70. The van der Waals surface area contributed by atoms with Gasteiger partial charge in [0, 0.05) is 38.3 Å². The van der Waals surface area contributed by atoms with Crippen LogP contribution in [0.4, 0.5) is 18.9 Å². The van der Waals surface area contributed by atoms with E-state index in [0.717, 1.165) is 43.1 Å². The van der Waals surface area contributed by atoms with Crippen molar-refractivity contribution < 1.29 is 22.7 Å². The third kappa shape index (κ3) is 5.27. The summed E-state index contributed by atoms with van der Waals surface area (Å²) in [5.74, 6) is -3.89. The maximum atomic E-state index is 13.7. The lowest BCUT2D eigenvalue weighted by molar-refractivity contribution is -0.117. The van der Waals surface area contributed by atoms with Gasteiger partial charge in [0.05, 0.1) is 19.3 Å². The molecule has 5 nitrogen and oxygen atoms in total. The minimum atomic E-state index is -1.59. The Morgan fingerprint density at radius 3 is 2.41 bits per heavy atom. The highest BCUT2D eigenvalue weighted by Crippen LogP contribution is 2.22. The van der Waals surface area contributed by atoms with Gasteiger partial charge in [-0.15, -0.1) is 0 Å². The number of hydrogen-bond donors (Lipinski definition) is 1. The maximum absolute atomic E-state index is 13.7. The molecule has 0 unspecified atom stereocenters. The summed E-state index contributed by atoms with van der Waals surface area (Å²) in [5, 5.41) is 2.31. The molecule has 29 heavy (non-hydrogen) atoms. The van der Waals surface area contributed by atoms with E-state index in [-0.39, 0.29) is 12.2 Å². The second-order valence-electron chi connectivity index (χ2n) is 7.14. The van der Waals surface area contributed by atoms with Crippen molar-refractivity contribution in [1.82, 2.24) is 9.80 Å². The van der Waals surface area contributed by atoms with Gasteiger partial charge in [0.2, 0.25) is 5.91 Å². The van der Waals surface area contributed by atoms with Crippen LogP contribution in [0, 0.1) is 24.4 Å². The van der Waals surface area contributed by atoms with Crippen molar-refractivity contribution in [2.24, 2.45) is 0 Å². The van der Waals surface area contributed by atoms with E-state index in [1.807, 2.05) is 24.0 Å². The molecule has 2 aromatic carbocycles. The summed E-state index contributed by atoms with van der Waals surface area (Å²) in [4.78, 5) is 16.4. The number of amides is 1. The van der Waals surface area contributed by atoms with Gasteiger partial charge < -0.3 is 10.1 Å². The van der Waals surface area contributed by atoms with Gasteiger partial charge in [0.25, 0.3) is 0 Å². The Morgan fingerprint density at radius 2 is 1.72 bits per heavy atom. The maximum Gasteiger partial charge on any atom is 0.238 e. The monoisotopic (exact) mass is 407 g/mol. The van der Waals surface area contributed by atoms with Crippen LogP contribution in [0.15, 0.2) is 30.3 Å². The molecule has 1 N–H and O–H groups in total. The third-order valence-electron chi connectivity index (χ3n) is 4.97. The van der Waals surface area contributed by atoms with Gasteiger partial charge in [-0.2, -0.15) is 0 Å². The lowest BCUT2D eigenvalue weighted by Crippen LogP contribution is -2.48. The summed E-state index contributed by atoms with van der Waals surface area (Å²) in [6.45, 7) is 5.72. The van der Waals surface area contributed by atoms with Crippen LogP contribution >= 0.6 is 0 Å². The van der Waals surface area contributed by atoms with E-state index in [1.165, 1.54) is 5.56 Å². The first-order valence-corrected chi connectivity index (χ1v) is 9.39. The van der Waals surface area contributed by atoms with Crippen molar-refractivity contribution in [2.45, 2.75) is 13.5 Å². The van der Waals surface area contributed by atoms with Gasteiger partial charge in [-0.1, -0.05) is 17.7 Å². The fourth-order valence-electron chi connectivity index (χ4n) is 3.39. The first-order valence-electron chi connectivity index (χ1n) is 9.39. The van der Waals surface area contributed by atoms with Crippen LogP contribution < -0.4 is 10.1 Å². The summed E-state index contributed by atoms with van der Waals surface area (Å²) >= 11 is 0. The number of nitrogens with one attached hydrogen (secondary N) is 1. The van der Waals surface area contributed by atoms with Crippen molar-refractivity contribution >= 4 is 11.6 Å². The Hall–Kier alpha value is -2.58. The number of anilines is 1. The number of ether oxygens (including phenoxy) is 1. The topological polar surface area (TPSA) is 44.8 Å². The number of benzene rings is 2. The minimum absolute atomic E-state index is 0.0556. The SMILES string of the molecule is COc1ccc(C)cc1CN1CCN(CC(=O)Nc2ccc(F)c(F)c2F)CC1. The number of piperazine rings is 1. The molecule has 1 aliphatic rings. The highest BCUT2D eigenvalue weighted by atomic mass is 19.2. The molecule has 156 valence electrons. The molecule has 0 radical (unpaired) electrons. The predicted octanol–water partition coefficient (Wildman–Crippen LogP) is 3.18. The zero-order valence-electron chi connectivity index (χ0n) is 16.5. The fourth-order valence-corrected chi connectivity index (χ4v) is 3.39. The third-order valence-corrected chi connectivity index (χ3v) is 4.97. The lowest BCUT2D eigenvalue weighted by Gasteiger charge is -2.34. The number of halogens is 3. The quantitative estimate of drug-likeness (QED) is 0.748. The molecule has 0 saturated carbocycles. The average molecular weight is 407 g/mol. The molecular formula is C21H24F3N3O2. The minimum Gasteiger partial charge on any atom is -0.496 e. The Balaban J connectivity index is 1.50. The summed E-state index contributed by atoms with van der Waals surface area (Å²) in [7, 11) is 1.65. The van der Waals surface area contributed by atoms with Gasteiger partial charge in [-0.3, -0.25) is 14.6 Å². The van der Waals surface area contributed by atoms with E-state index < -0.39 is 23.4 Å². The zero-order valence-corrected chi connectivity index (χ0v) is 16.5. The fraction of sp³-hybridized carbons (Fsp3) is 0.381. The van der Waals surface area contributed by atoms with Crippen LogP contribution in [0.1, 0.15) is 11.1 Å². The van der Waals surface area contributed by atoms with Crippen LogP contribution in [-0.2, 0) is 11.3 Å². The summed E-state index contributed by atoms with van der Waals surface area (Å²) < 4.78 is 45.4. The van der Waals surface area contributed by atoms with Crippen LogP contribution in [0.3, 0.4) is 0 Å². The van der Waals surface area contributed by atoms with Crippen LogP contribution in [0.5, 0.6) is 5.75 Å². The summed E-state index contributed by atoms with van der Waals surface area (Å²) in [6, 6.07) is 7.87. The Kier molecular flexibility index (Phi) is 6.76. The molecule has 0 spiro atoms. The molecule has 1 aliphatic heterocycles. The second kappa shape index (κ2) is 9.28. The molecule has 0 atom stereocenters. The Morgan fingerprint density at radius 1 is 1.03 bits per heavy atom. The van der Waals surface area contributed by atoms with E-state index in [2.05, 4.69) is 16.3 Å². The van der Waals surface area contributed by atoms with Crippen LogP contribution in [0.2, 0.25) is 0 Å². The molecule has 1 saturated heterocycles. The Labute approximate surface area is 168 Å². The molecule has 0 aliphatic carbocycles. The van der Waals surface area contributed by atoms with E-state index in [9.17, 15) is 18.0 Å². The number of aryl methyl sites for hydroxylation is 1. The van der Waals surface area contributed by atoms with Crippen LogP contribution in [0.25, 0.3) is 0 Å². The molecule has 1 amide bonds. The van der Waals surface area contributed by atoms with E-state index in [1.54, 1.807) is 7.11 Å². The van der Waals surface area contributed by atoms with Gasteiger partial charge in [0.15, 0.2) is 17.5 Å². The first-order chi connectivity index (χ1) is 13.9. The largest absolute Gasteiger partial charge is 0.496 e. The molecule has 0 aromatic heterocycles. The molecule has 0 bridgehead atoms. The first kappa shape index (κ1) is 21.1. The van der Waals surface area contributed by atoms with Crippen molar-refractivity contribution in [3.63, 3.8) is 0 Å². The second-order valence-corrected chi connectivity index (χ2v) is 7.14. The normalized spacial score (nSPS) is 15.3. The molecule has 3 rings (SSSR count).